The second-order valence-corrected chi connectivity index (χ2v) is 4.69. The molecule has 0 fully saturated rings. The summed E-state index contributed by atoms with van der Waals surface area (Å²) >= 11 is 6.05. The van der Waals surface area contributed by atoms with Gasteiger partial charge in [0.25, 0.3) is 0 Å². The zero-order valence-corrected chi connectivity index (χ0v) is 11.2. The Hall–Kier alpha value is -2.80. The minimum atomic E-state index is -1.19. The Kier molecular flexibility index (Phi) is 2.91. The number of rotatable bonds is 2. The highest BCUT2D eigenvalue weighted by molar-refractivity contribution is 6.38. The van der Waals surface area contributed by atoms with Crippen molar-refractivity contribution in [1.82, 2.24) is 15.0 Å². The normalized spacial score (nSPS) is 10.9. The van der Waals surface area contributed by atoms with Gasteiger partial charge in [-0.05, 0) is 18.2 Å². The summed E-state index contributed by atoms with van der Waals surface area (Å²) in [6.07, 6.45) is 0. The van der Waals surface area contributed by atoms with Crippen molar-refractivity contribution < 1.29 is 15.0 Å². The molecule has 0 spiro atoms. The zero-order valence-electron chi connectivity index (χ0n) is 10.5. The zero-order chi connectivity index (χ0) is 15.1. The number of aromatic carboxylic acids is 1. The Labute approximate surface area is 123 Å². The third-order valence-corrected chi connectivity index (χ3v) is 3.35. The highest BCUT2D eigenvalue weighted by Gasteiger charge is 2.20. The molecule has 8 heteroatoms. The van der Waals surface area contributed by atoms with Crippen LogP contribution in [0.4, 0.5) is 5.69 Å². The maximum Gasteiger partial charge on any atom is 0.338 e. The highest BCUT2D eigenvalue weighted by atomic mass is 35.5. The van der Waals surface area contributed by atoms with E-state index in [1.807, 2.05) is 0 Å². The van der Waals surface area contributed by atoms with Crippen LogP contribution in [-0.4, -0.2) is 31.2 Å². The molecule has 1 aromatic heterocycles. The molecule has 1 heterocycles. The molecule has 106 valence electrons. The Morgan fingerprint density at radius 2 is 1.90 bits per heavy atom. The molecule has 0 saturated carbocycles. The number of nitrogens with two attached hydrogens (primary N) is 1. The van der Waals surface area contributed by atoms with E-state index < -0.39 is 5.97 Å². The summed E-state index contributed by atoms with van der Waals surface area (Å²) in [4.78, 5) is 12.4. The number of carboxylic acid groups (broad SMARTS) is 1. The fourth-order valence-corrected chi connectivity index (χ4v) is 2.15. The molecular formula is C13H9ClN4O3. The van der Waals surface area contributed by atoms with Gasteiger partial charge in [-0.2, -0.15) is 0 Å². The van der Waals surface area contributed by atoms with Crippen LogP contribution in [0, 0.1) is 0 Å². The first-order chi connectivity index (χ1) is 9.99. The van der Waals surface area contributed by atoms with E-state index in [0.717, 1.165) is 4.80 Å². The van der Waals surface area contributed by atoms with E-state index in [2.05, 4.69) is 10.2 Å². The van der Waals surface area contributed by atoms with E-state index in [1.165, 1.54) is 12.1 Å². The van der Waals surface area contributed by atoms with Crippen molar-refractivity contribution in [1.29, 1.82) is 0 Å². The minimum absolute atomic E-state index is 0.0428. The van der Waals surface area contributed by atoms with E-state index in [9.17, 15) is 15.0 Å². The molecule has 2 aromatic carbocycles. The molecular weight excluding hydrogens is 296 g/mol. The first-order valence-corrected chi connectivity index (χ1v) is 6.23. The lowest BCUT2D eigenvalue weighted by Crippen LogP contribution is -2.01. The van der Waals surface area contributed by atoms with Crippen molar-refractivity contribution in [3.63, 3.8) is 0 Å². The number of halogens is 1. The second-order valence-electron chi connectivity index (χ2n) is 4.31. The number of aromatic hydroxyl groups is 1. The number of benzene rings is 2. The summed E-state index contributed by atoms with van der Waals surface area (Å²) in [5.74, 6) is -1.23. The molecule has 0 amide bonds. The van der Waals surface area contributed by atoms with Crippen LogP contribution in [0.2, 0.25) is 5.02 Å². The fraction of sp³-hybridized carbons (Fsp3) is 0. The molecule has 0 unspecified atom stereocenters. The van der Waals surface area contributed by atoms with Crippen molar-refractivity contribution in [3.05, 3.63) is 40.9 Å². The average Bonchev–Trinajstić information content (AvgIpc) is 2.88. The van der Waals surface area contributed by atoms with Gasteiger partial charge in [-0.3, -0.25) is 0 Å². The number of phenolic OH excluding ortho intramolecular Hbond substituents is 1. The molecule has 0 saturated heterocycles. The van der Waals surface area contributed by atoms with Gasteiger partial charge in [-0.15, -0.1) is 15.0 Å². The lowest BCUT2D eigenvalue weighted by molar-refractivity contribution is 0.0699. The van der Waals surface area contributed by atoms with E-state index in [1.54, 1.807) is 18.2 Å². The van der Waals surface area contributed by atoms with Gasteiger partial charge in [0, 0.05) is 0 Å². The Morgan fingerprint density at radius 1 is 1.24 bits per heavy atom. The van der Waals surface area contributed by atoms with Crippen LogP contribution >= 0.6 is 11.6 Å². The maximum absolute atomic E-state index is 11.3. The maximum atomic E-state index is 11.3. The van der Waals surface area contributed by atoms with Gasteiger partial charge in [0.15, 0.2) is 0 Å². The number of anilines is 1. The predicted molar refractivity (Wildman–Crippen MR) is 76.9 cm³/mol. The second kappa shape index (κ2) is 4.64. The summed E-state index contributed by atoms with van der Waals surface area (Å²) in [6, 6.07) is 7.63. The predicted octanol–water partition coefficient (Wildman–Crippen LogP) is 2.06. The third kappa shape index (κ3) is 2.03. The number of carbonyl (C=O) groups is 1. The van der Waals surface area contributed by atoms with Gasteiger partial charge < -0.3 is 15.9 Å². The van der Waals surface area contributed by atoms with Crippen LogP contribution in [0.1, 0.15) is 10.4 Å². The number of carboxylic acids is 1. The molecule has 7 nitrogen and oxygen atoms in total. The topological polar surface area (TPSA) is 114 Å². The average molecular weight is 305 g/mol. The first kappa shape index (κ1) is 13.2. The lowest BCUT2D eigenvalue weighted by atomic mass is 10.1. The van der Waals surface area contributed by atoms with E-state index in [4.69, 9.17) is 17.3 Å². The van der Waals surface area contributed by atoms with E-state index in [-0.39, 0.29) is 33.1 Å². The third-order valence-electron chi connectivity index (χ3n) is 2.96. The monoisotopic (exact) mass is 304 g/mol. The van der Waals surface area contributed by atoms with Gasteiger partial charge in [-0.1, -0.05) is 23.7 Å². The number of nitrogen functional groups attached to an aromatic ring is 1. The number of hydrogen-bond donors (Lipinski definition) is 3. The Morgan fingerprint density at radius 3 is 2.57 bits per heavy atom. The highest BCUT2D eigenvalue weighted by Crippen LogP contribution is 2.31. The molecule has 0 aliphatic rings. The van der Waals surface area contributed by atoms with Crippen LogP contribution in [-0.2, 0) is 0 Å². The van der Waals surface area contributed by atoms with Crippen LogP contribution in [0.25, 0.3) is 16.7 Å². The molecule has 0 aliphatic heterocycles. The summed E-state index contributed by atoms with van der Waals surface area (Å²) in [6.45, 7) is 0. The van der Waals surface area contributed by atoms with E-state index in [0.29, 0.717) is 5.69 Å². The van der Waals surface area contributed by atoms with Crippen molar-refractivity contribution in [2.75, 3.05) is 5.73 Å². The number of aromatic nitrogens is 3. The first-order valence-electron chi connectivity index (χ1n) is 5.85. The van der Waals surface area contributed by atoms with E-state index >= 15 is 0 Å². The summed E-state index contributed by atoms with van der Waals surface area (Å²) in [5, 5.41) is 27.4. The molecule has 0 radical (unpaired) electrons. The largest absolute Gasteiger partial charge is 0.506 e. The van der Waals surface area contributed by atoms with Crippen molar-refractivity contribution in [2.24, 2.45) is 0 Å². The Bertz CT molecular complexity index is 875. The molecule has 0 bridgehead atoms. The van der Waals surface area contributed by atoms with Gasteiger partial charge in [0.1, 0.15) is 22.5 Å². The number of para-hydroxylation sites is 2. The van der Waals surface area contributed by atoms with Crippen LogP contribution in [0.3, 0.4) is 0 Å². The molecule has 0 aliphatic carbocycles. The number of phenols is 1. The fourth-order valence-electron chi connectivity index (χ4n) is 1.96. The van der Waals surface area contributed by atoms with Crippen molar-refractivity contribution in [3.8, 4) is 11.4 Å². The van der Waals surface area contributed by atoms with Gasteiger partial charge >= 0.3 is 5.97 Å². The summed E-state index contributed by atoms with van der Waals surface area (Å²) in [7, 11) is 0. The molecule has 3 rings (SSSR count). The van der Waals surface area contributed by atoms with Gasteiger partial charge in [0.05, 0.1) is 16.3 Å². The van der Waals surface area contributed by atoms with Gasteiger partial charge in [-0.25, -0.2) is 4.79 Å². The van der Waals surface area contributed by atoms with Crippen LogP contribution in [0.5, 0.6) is 5.75 Å². The van der Waals surface area contributed by atoms with Crippen molar-refractivity contribution in [2.45, 2.75) is 0 Å². The molecule has 21 heavy (non-hydrogen) atoms. The smallest absolute Gasteiger partial charge is 0.338 e. The quantitative estimate of drug-likeness (QED) is 0.624. The summed E-state index contributed by atoms with van der Waals surface area (Å²) < 4.78 is 0. The minimum Gasteiger partial charge on any atom is -0.506 e. The Balaban J connectivity index is 2.34. The standard InChI is InChI=1S/C13H9ClN4O3/c14-10-7(15)5-6(13(20)21)11-12(10)17-18(16-11)8-3-1-2-4-9(8)19/h1-5,19H,15H2,(H,20,21). The van der Waals surface area contributed by atoms with Crippen LogP contribution in [0.15, 0.2) is 30.3 Å². The number of nitrogens with zero attached hydrogens (tertiary/aromatic N) is 3. The molecule has 0 atom stereocenters. The number of hydrogen-bond acceptors (Lipinski definition) is 5. The van der Waals surface area contributed by atoms with Gasteiger partial charge in [0.2, 0.25) is 0 Å². The summed E-state index contributed by atoms with van der Waals surface area (Å²) in [5.41, 5.74) is 6.25. The van der Waals surface area contributed by atoms with Crippen LogP contribution < -0.4 is 5.73 Å². The SMILES string of the molecule is Nc1cc(C(=O)O)c2nn(-c3ccccc3O)nc2c1Cl. The van der Waals surface area contributed by atoms with Crippen molar-refractivity contribution >= 4 is 34.3 Å². The molecule has 4 N–H and O–H groups in total. The number of fused-ring (bicyclic) bond motifs is 1. The molecule has 3 aromatic rings. The lowest BCUT2D eigenvalue weighted by Gasteiger charge is -2.00.